The Morgan fingerprint density at radius 1 is 1.11 bits per heavy atom. The van der Waals surface area contributed by atoms with Crippen molar-refractivity contribution in [2.75, 3.05) is 17.8 Å². The second kappa shape index (κ2) is 10.7. The fraction of sp³-hybridized carbons (Fsp3) is 0.250. The standard InChI is InChI=1S/C28H26N4O5S/c1-4-8-23(33)31-20-10-7-6-9-19(20)24-25(34)29-28(38-3)30-32(24)26(31)22-16-15-21(37-22)17-11-13-18(14-12-17)27(35)36-5-2/h6-7,9-16,26H,4-5,8H2,1-3H3/p+1/t26-/m1/s1. The van der Waals surface area contributed by atoms with Crippen molar-refractivity contribution in [3.05, 3.63) is 82.3 Å². The topological polar surface area (TPSA) is 109 Å². The molecule has 0 spiro atoms. The Morgan fingerprint density at radius 3 is 2.58 bits per heavy atom. The summed E-state index contributed by atoms with van der Waals surface area (Å²) in [4.78, 5) is 43.3. The van der Waals surface area contributed by atoms with E-state index in [-0.39, 0.29) is 17.4 Å². The quantitative estimate of drug-likeness (QED) is 0.211. The van der Waals surface area contributed by atoms with Gasteiger partial charge in [0.1, 0.15) is 5.76 Å². The van der Waals surface area contributed by atoms with Crippen LogP contribution < -0.4 is 15.1 Å². The maximum absolute atomic E-state index is 13.5. The number of ether oxygens (including phenoxy) is 1. The summed E-state index contributed by atoms with van der Waals surface area (Å²) in [5.41, 5.74) is 2.49. The van der Waals surface area contributed by atoms with E-state index < -0.39 is 6.17 Å². The highest BCUT2D eigenvalue weighted by molar-refractivity contribution is 7.98. The van der Waals surface area contributed by atoms with E-state index in [1.165, 1.54) is 11.8 Å². The van der Waals surface area contributed by atoms with Crippen LogP contribution in [0.25, 0.3) is 22.6 Å². The largest absolute Gasteiger partial charge is 0.462 e. The first-order valence-corrected chi connectivity index (χ1v) is 13.6. The normalized spacial score (nSPS) is 14.1. The summed E-state index contributed by atoms with van der Waals surface area (Å²) in [6, 6.07) is 17.8. The number of H-pyrrole nitrogens is 1. The Kier molecular flexibility index (Phi) is 7.15. The van der Waals surface area contributed by atoms with Crippen LogP contribution in [-0.4, -0.2) is 34.8 Å². The molecule has 1 atom stereocenters. The molecule has 1 N–H and O–H groups in total. The zero-order valence-corrected chi connectivity index (χ0v) is 22.1. The molecule has 10 heteroatoms. The number of esters is 1. The van der Waals surface area contributed by atoms with Gasteiger partial charge in [0.25, 0.3) is 0 Å². The molecule has 0 radical (unpaired) electrons. The SMILES string of the molecule is CCCC(=O)N1c2ccccc2-c2c(=O)[nH]c(SC)n[n+]2[C@@H]1c1ccc(-c2ccc(C(=O)OCC)cc2)o1. The number of amides is 1. The van der Waals surface area contributed by atoms with Crippen molar-refractivity contribution in [1.29, 1.82) is 0 Å². The van der Waals surface area contributed by atoms with Gasteiger partial charge in [-0.25, -0.2) is 9.69 Å². The first-order chi connectivity index (χ1) is 18.5. The minimum absolute atomic E-state index is 0.104. The van der Waals surface area contributed by atoms with Crippen LogP contribution in [0.1, 0.15) is 49.0 Å². The number of hydrogen-bond donors (Lipinski definition) is 1. The van der Waals surface area contributed by atoms with E-state index in [4.69, 9.17) is 14.3 Å². The van der Waals surface area contributed by atoms with Crippen LogP contribution in [0.2, 0.25) is 0 Å². The summed E-state index contributed by atoms with van der Waals surface area (Å²) in [7, 11) is 0. The number of rotatable bonds is 7. The average Bonchev–Trinajstić information content (AvgIpc) is 3.42. The van der Waals surface area contributed by atoms with Gasteiger partial charge in [0.15, 0.2) is 5.76 Å². The van der Waals surface area contributed by atoms with E-state index in [0.717, 1.165) is 5.56 Å². The molecule has 0 saturated carbocycles. The zero-order chi connectivity index (χ0) is 26.8. The van der Waals surface area contributed by atoms with Crippen LogP contribution in [0.3, 0.4) is 0 Å². The van der Waals surface area contributed by atoms with E-state index in [1.54, 1.807) is 52.9 Å². The van der Waals surface area contributed by atoms with Gasteiger partial charge in [0, 0.05) is 17.1 Å². The van der Waals surface area contributed by atoms with E-state index in [1.807, 2.05) is 37.4 Å². The number of anilines is 1. The van der Waals surface area contributed by atoms with Crippen LogP contribution in [0, 0.1) is 0 Å². The Balaban J connectivity index is 1.64. The molecule has 2 aromatic heterocycles. The number of furan rings is 1. The minimum atomic E-state index is -0.806. The fourth-order valence-corrected chi connectivity index (χ4v) is 4.92. The van der Waals surface area contributed by atoms with E-state index in [2.05, 4.69) is 4.98 Å². The zero-order valence-electron chi connectivity index (χ0n) is 21.3. The molecule has 0 unspecified atom stereocenters. The third kappa shape index (κ3) is 4.51. The number of nitrogens with one attached hydrogen (secondary N) is 1. The van der Waals surface area contributed by atoms with Crippen molar-refractivity contribution in [1.82, 2.24) is 10.1 Å². The molecule has 0 fully saturated rings. The molecule has 0 saturated heterocycles. The van der Waals surface area contributed by atoms with E-state index in [0.29, 0.717) is 58.6 Å². The highest BCUT2D eigenvalue weighted by atomic mass is 32.2. The molecule has 1 aliphatic heterocycles. The fourth-order valence-electron chi connectivity index (χ4n) is 4.56. The molecule has 1 amide bonds. The summed E-state index contributed by atoms with van der Waals surface area (Å²) < 4.78 is 12.9. The summed E-state index contributed by atoms with van der Waals surface area (Å²) >= 11 is 1.30. The maximum atomic E-state index is 13.5. The number of benzene rings is 2. The number of thioether (sulfide) groups is 1. The van der Waals surface area contributed by atoms with Crippen LogP contribution in [-0.2, 0) is 9.53 Å². The second-order valence-corrected chi connectivity index (χ2v) is 9.46. The molecule has 5 rings (SSSR count). The number of aromatic nitrogens is 3. The van der Waals surface area contributed by atoms with Crippen molar-refractivity contribution < 1.29 is 23.4 Å². The molecule has 1 aliphatic rings. The molecule has 2 aromatic carbocycles. The number of nitrogens with zero attached hydrogens (tertiary/aromatic N) is 3. The molecular weight excluding hydrogens is 504 g/mol. The van der Waals surface area contributed by atoms with Crippen LogP contribution in [0.15, 0.2) is 75.0 Å². The summed E-state index contributed by atoms with van der Waals surface area (Å²) in [6.07, 6.45) is 2.00. The van der Waals surface area contributed by atoms with Crippen LogP contribution in [0.4, 0.5) is 5.69 Å². The van der Waals surface area contributed by atoms with Gasteiger partial charge in [-0.05, 0) is 60.7 Å². The number of hydrogen-bond acceptors (Lipinski definition) is 7. The molecule has 4 aromatic rings. The van der Waals surface area contributed by atoms with Gasteiger partial charge >= 0.3 is 23.4 Å². The molecule has 194 valence electrons. The minimum Gasteiger partial charge on any atom is -0.462 e. The third-order valence-corrected chi connectivity index (χ3v) is 6.82. The van der Waals surface area contributed by atoms with E-state index in [9.17, 15) is 14.4 Å². The van der Waals surface area contributed by atoms with Crippen LogP contribution in [0.5, 0.6) is 0 Å². The van der Waals surface area contributed by atoms with Crippen molar-refractivity contribution in [2.45, 2.75) is 38.0 Å². The lowest BCUT2D eigenvalue weighted by molar-refractivity contribution is -0.764. The predicted octanol–water partition coefficient (Wildman–Crippen LogP) is 4.58. The molecule has 9 nitrogen and oxygen atoms in total. The highest BCUT2D eigenvalue weighted by Crippen LogP contribution is 2.39. The summed E-state index contributed by atoms with van der Waals surface area (Å²) in [5.74, 6) is 0.505. The smallest absolute Gasteiger partial charge is 0.338 e. The number of carbonyl (C=O) groups excluding carboxylic acids is 2. The van der Waals surface area contributed by atoms with Gasteiger partial charge in [0.05, 0.1) is 23.4 Å². The van der Waals surface area contributed by atoms with Crippen molar-refractivity contribution in [2.24, 2.45) is 0 Å². The lowest BCUT2D eigenvalue weighted by Gasteiger charge is -2.30. The molecule has 3 heterocycles. The first-order valence-electron chi connectivity index (χ1n) is 12.4. The Bertz CT molecular complexity index is 1560. The summed E-state index contributed by atoms with van der Waals surface area (Å²) in [5, 5.41) is 5.11. The molecule has 38 heavy (non-hydrogen) atoms. The second-order valence-electron chi connectivity index (χ2n) is 8.66. The molecular formula is C28H27N4O5S+. The van der Waals surface area contributed by atoms with Gasteiger partial charge in [0.2, 0.25) is 11.1 Å². The van der Waals surface area contributed by atoms with Crippen molar-refractivity contribution in [3.63, 3.8) is 0 Å². The maximum Gasteiger partial charge on any atom is 0.338 e. The first kappa shape index (κ1) is 25.5. The summed E-state index contributed by atoms with van der Waals surface area (Å²) in [6.45, 7) is 4.01. The molecule has 0 aliphatic carbocycles. The van der Waals surface area contributed by atoms with E-state index >= 15 is 0 Å². The van der Waals surface area contributed by atoms with Crippen molar-refractivity contribution in [3.8, 4) is 22.6 Å². The number of fused-ring (bicyclic) bond motifs is 3. The van der Waals surface area contributed by atoms with Gasteiger partial charge in [-0.1, -0.05) is 43.0 Å². The monoisotopic (exact) mass is 531 g/mol. The molecule has 0 bridgehead atoms. The van der Waals surface area contributed by atoms with Crippen LogP contribution >= 0.6 is 11.8 Å². The number of para-hydroxylation sites is 1. The Labute approximate surface area is 223 Å². The lowest BCUT2D eigenvalue weighted by atomic mass is 10.0. The number of carbonyl (C=O) groups is 2. The van der Waals surface area contributed by atoms with Gasteiger partial charge in [-0.3, -0.25) is 14.6 Å². The van der Waals surface area contributed by atoms with Crippen molar-refractivity contribution >= 4 is 29.3 Å². The van der Waals surface area contributed by atoms with Gasteiger partial charge in [-0.15, -0.1) is 0 Å². The third-order valence-electron chi connectivity index (χ3n) is 6.25. The Morgan fingerprint density at radius 2 is 1.87 bits per heavy atom. The average molecular weight is 532 g/mol. The van der Waals surface area contributed by atoms with Gasteiger partial charge in [-0.2, -0.15) is 0 Å². The highest BCUT2D eigenvalue weighted by Gasteiger charge is 2.47. The number of aromatic amines is 1. The Hall–Kier alpha value is -4.18. The van der Waals surface area contributed by atoms with Gasteiger partial charge < -0.3 is 9.15 Å². The predicted molar refractivity (Wildman–Crippen MR) is 143 cm³/mol. The lowest BCUT2D eigenvalue weighted by Crippen LogP contribution is -2.60.